The van der Waals surface area contributed by atoms with Gasteiger partial charge in [0.25, 0.3) is 0 Å². The molecule has 0 radical (unpaired) electrons. The van der Waals surface area contributed by atoms with E-state index < -0.39 is 0 Å². The fraction of sp³-hybridized carbons (Fsp3) is 0.529. The molecular weight excluding hydrogens is 306 g/mol. The zero-order chi connectivity index (χ0) is 16.4. The van der Waals surface area contributed by atoms with Crippen molar-refractivity contribution < 1.29 is 9.47 Å². The fourth-order valence-electron chi connectivity index (χ4n) is 3.37. The molecule has 2 aliphatic rings. The van der Waals surface area contributed by atoms with Crippen molar-refractivity contribution in [2.75, 3.05) is 24.6 Å². The van der Waals surface area contributed by atoms with Gasteiger partial charge in [0, 0.05) is 37.8 Å². The summed E-state index contributed by atoms with van der Waals surface area (Å²) in [7, 11) is 0. The van der Waals surface area contributed by atoms with Gasteiger partial charge >= 0.3 is 6.01 Å². The summed E-state index contributed by atoms with van der Waals surface area (Å²) in [5.41, 5.74) is 0.979. The van der Waals surface area contributed by atoms with E-state index in [1.165, 1.54) is 0 Å². The predicted molar refractivity (Wildman–Crippen MR) is 88.0 cm³/mol. The molecular formula is C17H21N5O2. The van der Waals surface area contributed by atoms with E-state index in [-0.39, 0.29) is 11.7 Å². The zero-order valence-corrected chi connectivity index (χ0v) is 13.8. The van der Waals surface area contributed by atoms with Crippen LogP contribution in [0.5, 0.6) is 6.01 Å². The Hall–Kier alpha value is -2.28. The van der Waals surface area contributed by atoms with Crippen LogP contribution in [0.1, 0.15) is 25.3 Å². The van der Waals surface area contributed by atoms with Gasteiger partial charge in [0.15, 0.2) is 0 Å². The van der Waals surface area contributed by atoms with Crippen LogP contribution in [0.4, 0.5) is 5.95 Å². The SMILES string of the molecule is CCc1cnc(N2CC[C@]3(C[C@@H](Oc4ncccn4)CO3)C2)nc1. The lowest BCUT2D eigenvalue weighted by molar-refractivity contribution is 0.0192. The van der Waals surface area contributed by atoms with Gasteiger partial charge in [-0.15, -0.1) is 0 Å². The number of anilines is 1. The fourth-order valence-corrected chi connectivity index (χ4v) is 3.37. The summed E-state index contributed by atoms with van der Waals surface area (Å²) in [4.78, 5) is 19.4. The van der Waals surface area contributed by atoms with Gasteiger partial charge in [0.05, 0.1) is 18.8 Å². The van der Waals surface area contributed by atoms with E-state index in [0.717, 1.165) is 43.9 Å². The molecule has 7 nitrogen and oxygen atoms in total. The highest BCUT2D eigenvalue weighted by atomic mass is 16.6. The highest BCUT2D eigenvalue weighted by Gasteiger charge is 2.47. The molecule has 1 spiro atoms. The van der Waals surface area contributed by atoms with Crippen LogP contribution in [0.25, 0.3) is 0 Å². The van der Waals surface area contributed by atoms with Crippen LogP contribution < -0.4 is 9.64 Å². The molecule has 2 aliphatic heterocycles. The summed E-state index contributed by atoms with van der Waals surface area (Å²) in [6.45, 7) is 4.38. The second kappa shape index (κ2) is 6.32. The van der Waals surface area contributed by atoms with Crippen molar-refractivity contribution in [1.29, 1.82) is 0 Å². The van der Waals surface area contributed by atoms with Crippen LogP contribution in [-0.2, 0) is 11.2 Å². The van der Waals surface area contributed by atoms with Crippen molar-refractivity contribution in [3.05, 3.63) is 36.4 Å². The number of ether oxygens (including phenoxy) is 2. The molecule has 0 aliphatic carbocycles. The van der Waals surface area contributed by atoms with Gasteiger partial charge in [-0.1, -0.05) is 6.92 Å². The first-order chi connectivity index (χ1) is 11.8. The monoisotopic (exact) mass is 327 g/mol. The smallest absolute Gasteiger partial charge is 0.316 e. The lowest BCUT2D eigenvalue weighted by Crippen LogP contribution is -2.34. The molecule has 4 heterocycles. The molecule has 2 atom stereocenters. The minimum absolute atomic E-state index is 0.00395. The van der Waals surface area contributed by atoms with Gasteiger partial charge in [-0.25, -0.2) is 19.9 Å². The maximum Gasteiger partial charge on any atom is 0.316 e. The molecule has 4 rings (SSSR count). The van der Waals surface area contributed by atoms with E-state index in [9.17, 15) is 0 Å². The third kappa shape index (κ3) is 3.03. The van der Waals surface area contributed by atoms with Gasteiger partial charge in [-0.3, -0.25) is 0 Å². The average molecular weight is 327 g/mol. The molecule has 0 aromatic carbocycles. The van der Waals surface area contributed by atoms with Crippen LogP contribution in [0.2, 0.25) is 0 Å². The summed E-state index contributed by atoms with van der Waals surface area (Å²) in [6, 6.07) is 2.19. The maximum absolute atomic E-state index is 6.11. The third-order valence-electron chi connectivity index (χ3n) is 4.69. The van der Waals surface area contributed by atoms with Crippen molar-refractivity contribution in [1.82, 2.24) is 19.9 Å². The van der Waals surface area contributed by atoms with Crippen LogP contribution in [0.15, 0.2) is 30.9 Å². The Labute approximate surface area is 141 Å². The molecule has 2 fully saturated rings. The van der Waals surface area contributed by atoms with Crippen molar-refractivity contribution in [2.45, 2.75) is 37.9 Å². The Morgan fingerprint density at radius 3 is 2.79 bits per heavy atom. The number of hydrogen-bond acceptors (Lipinski definition) is 7. The van der Waals surface area contributed by atoms with Gasteiger partial charge < -0.3 is 14.4 Å². The molecule has 0 saturated carbocycles. The Bertz CT molecular complexity index is 681. The van der Waals surface area contributed by atoms with Gasteiger partial charge in [-0.2, -0.15) is 0 Å². The summed E-state index contributed by atoms with van der Waals surface area (Å²) < 4.78 is 11.9. The summed E-state index contributed by atoms with van der Waals surface area (Å²) in [6.07, 6.45) is 9.92. The lowest BCUT2D eigenvalue weighted by atomic mass is 9.98. The Morgan fingerprint density at radius 1 is 1.25 bits per heavy atom. The van der Waals surface area contributed by atoms with Crippen molar-refractivity contribution >= 4 is 5.95 Å². The van der Waals surface area contributed by atoms with Crippen molar-refractivity contribution in [3.63, 3.8) is 0 Å². The van der Waals surface area contributed by atoms with Crippen LogP contribution in [0, 0.1) is 0 Å². The van der Waals surface area contributed by atoms with Gasteiger partial charge in [0.2, 0.25) is 5.95 Å². The highest BCUT2D eigenvalue weighted by molar-refractivity contribution is 5.34. The first-order valence-electron chi connectivity index (χ1n) is 8.40. The van der Waals surface area contributed by atoms with E-state index in [1.54, 1.807) is 18.5 Å². The molecule has 0 unspecified atom stereocenters. The Morgan fingerprint density at radius 2 is 2.04 bits per heavy atom. The molecule has 24 heavy (non-hydrogen) atoms. The summed E-state index contributed by atoms with van der Waals surface area (Å²) in [5.74, 6) is 0.781. The Balaban J connectivity index is 1.39. The summed E-state index contributed by atoms with van der Waals surface area (Å²) in [5, 5.41) is 0. The van der Waals surface area contributed by atoms with Gasteiger partial charge in [0.1, 0.15) is 6.10 Å². The standard InChI is InChI=1S/C17H21N5O2/c1-2-13-9-20-15(21-10-13)22-7-4-17(12-22)8-14(11-23-17)24-16-18-5-3-6-19-16/h3,5-6,9-10,14H,2,4,7-8,11-12H2,1H3/t14-,17+/m1/s1. The number of aryl methyl sites for hydroxylation is 1. The zero-order valence-electron chi connectivity index (χ0n) is 13.8. The second-order valence-corrected chi connectivity index (χ2v) is 6.39. The number of nitrogens with zero attached hydrogens (tertiary/aromatic N) is 5. The van der Waals surface area contributed by atoms with E-state index in [0.29, 0.717) is 12.6 Å². The predicted octanol–water partition coefficient (Wildman–Crippen LogP) is 1.65. The van der Waals surface area contributed by atoms with Crippen LogP contribution >= 0.6 is 0 Å². The first-order valence-corrected chi connectivity index (χ1v) is 8.40. The summed E-state index contributed by atoms with van der Waals surface area (Å²) >= 11 is 0. The number of hydrogen-bond donors (Lipinski definition) is 0. The van der Waals surface area contributed by atoms with Gasteiger partial charge in [-0.05, 0) is 24.5 Å². The third-order valence-corrected chi connectivity index (χ3v) is 4.69. The van der Waals surface area contributed by atoms with Crippen molar-refractivity contribution in [3.8, 4) is 6.01 Å². The molecule has 0 N–H and O–H groups in total. The topological polar surface area (TPSA) is 73.3 Å². The van der Waals surface area contributed by atoms with E-state index in [2.05, 4.69) is 31.8 Å². The molecule has 2 aromatic heterocycles. The number of rotatable bonds is 4. The minimum Gasteiger partial charge on any atom is -0.458 e. The quantitative estimate of drug-likeness (QED) is 0.845. The molecule has 0 amide bonds. The van der Waals surface area contributed by atoms with Crippen molar-refractivity contribution in [2.24, 2.45) is 0 Å². The first kappa shape index (κ1) is 15.3. The van der Waals surface area contributed by atoms with E-state index in [1.807, 2.05) is 12.4 Å². The lowest BCUT2D eigenvalue weighted by Gasteiger charge is -2.23. The average Bonchev–Trinajstić information content (AvgIpc) is 3.23. The second-order valence-electron chi connectivity index (χ2n) is 6.39. The normalized spacial score (nSPS) is 26.2. The number of aromatic nitrogens is 4. The molecule has 2 saturated heterocycles. The van der Waals surface area contributed by atoms with Crippen LogP contribution in [0.3, 0.4) is 0 Å². The molecule has 7 heteroatoms. The highest BCUT2D eigenvalue weighted by Crippen LogP contribution is 2.37. The molecule has 2 aromatic rings. The van der Waals surface area contributed by atoms with Crippen LogP contribution in [-0.4, -0.2) is 51.3 Å². The van der Waals surface area contributed by atoms with E-state index in [4.69, 9.17) is 9.47 Å². The van der Waals surface area contributed by atoms with E-state index >= 15 is 0 Å². The largest absolute Gasteiger partial charge is 0.458 e. The minimum atomic E-state index is -0.174. The molecule has 126 valence electrons. The Kier molecular flexibility index (Phi) is 4.02. The molecule has 0 bridgehead atoms. The maximum atomic E-state index is 6.11.